The number of rotatable bonds is 2. The van der Waals surface area contributed by atoms with Crippen molar-refractivity contribution in [3.63, 3.8) is 0 Å². The van der Waals surface area contributed by atoms with Gasteiger partial charge in [-0.1, -0.05) is 12.1 Å². The van der Waals surface area contributed by atoms with Crippen LogP contribution in [0.25, 0.3) is 0 Å². The van der Waals surface area contributed by atoms with Crippen molar-refractivity contribution in [3.8, 4) is 0 Å². The Labute approximate surface area is 95.4 Å². The molecule has 1 aliphatic heterocycles. The van der Waals surface area contributed by atoms with Crippen LogP contribution in [0.15, 0.2) is 23.1 Å². The standard InChI is InChI=1S/C13H17NS/c14-13(5-6-13)9-10-3-4-11-2-1-7-15-12(11)8-10/h3-4,8H,1-2,5-7,9,14H2. The van der Waals surface area contributed by atoms with Crippen molar-refractivity contribution < 1.29 is 0 Å². The maximum atomic E-state index is 6.15. The molecule has 0 unspecified atom stereocenters. The van der Waals surface area contributed by atoms with E-state index in [1.165, 1.54) is 47.5 Å². The quantitative estimate of drug-likeness (QED) is 0.827. The van der Waals surface area contributed by atoms with E-state index in [-0.39, 0.29) is 5.54 Å². The minimum atomic E-state index is 0.146. The summed E-state index contributed by atoms with van der Waals surface area (Å²) in [7, 11) is 0. The third-order valence-corrected chi connectivity index (χ3v) is 4.61. The monoisotopic (exact) mass is 219 g/mol. The molecule has 0 amide bonds. The van der Waals surface area contributed by atoms with Crippen molar-refractivity contribution in [1.29, 1.82) is 0 Å². The van der Waals surface area contributed by atoms with Crippen molar-refractivity contribution in [2.24, 2.45) is 5.73 Å². The molecule has 15 heavy (non-hydrogen) atoms. The minimum absolute atomic E-state index is 0.146. The van der Waals surface area contributed by atoms with Gasteiger partial charge in [-0.15, -0.1) is 11.8 Å². The van der Waals surface area contributed by atoms with E-state index in [1.54, 1.807) is 0 Å². The van der Waals surface area contributed by atoms with Gasteiger partial charge in [-0.05, 0) is 55.1 Å². The van der Waals surface area contributed by atoms with Crippen molar-refractivity contribution in [3.05, 3.63) is 29.3 Å². The molecule has 0 aromatic heterocycles. The summed E-state index contributed by atoms with van der Waals surface area (Å²) in [5, 5.41) is 0. The topological polar surface area (TPSA) is 26.0 Å². The van der Waals surface area contributed by atoms with Crippen LogP contribution in [0.4, 0.5) is 0 Å². The van der Waals surface area contributed by atoms with E-state index in [0.29, 0.717) is 0 Å². The number of thioether (sulfide) groups is 1. The fourth-order valence-corrected chi connectivity index (χ4v) is 3.34. The Hall–Kier alpha value is -0.470. The Bertz CT molecular complexity index is 382. The predicted octanol–water partition coefficient (Wildman–Crippen LogP) is 2.76. The number of hydrogen-bond donors (Lipinski definition) is 1. The molecule has 1 saturated carbocycles. The van der Waals surface area contributed by atoms with E-state index < -0.39 is 0 Å². The van der Waals surface area contributed by atoms with Crippen molar-refractivity contribution in [2.75, 3.05) is 5.75 Å². The maximum absolute atomic E-state index is 6.15. The van der Waals surface area contributed by atoms with Crippen LogP contribution in [0.2, 0.25) is 0 Å². The molecule has 1 aromatic rings. The summed E-state index contributed by atoms with van der Waals surface area (Å²) in [4.78, 5) is 1.50. The van der Waals surface area contributed by atoms with Gasteiger partial charge in [0.1, 0.15) is 0 Å². The van der Waals surface area contributed by atoms with Gasteiger partial charge in [-0.2, -0.15) is 0 Å². The Balaban J connectivity index is 1.84. The van der Waals surface area contributed by atoms with Crippen molar-refractivity contribution in [1.82, 2.24) is 0 Å². The summed E-state index contributed by atoms with van der Waals surface area (Å²) in [6.45, 7) is 0. The lowest BCUT2D eigenvalue weighted by atomic mass is 10.0. The first-order valence-corrected chi connectivity index (χ1v) is 6.77. The lowest BCUT2D eigenvalue weighted by molar-refractivity contribution is 0.670. The molecule has 3 rings (SSSR count). The van der Waals surface area contributed by atoms with Crippen LogP contribution in [0, 0.1) is 0 Å². The van der Waals surface area contributed by atoms with E-state index in [9.17, 15) is 0 Å². The highest BCUT2D eigenvalue weighted by Gasteiger charge is 2.37. The van der Waals surface area contributed by atoms with Crippen LogP contribution in [-0.4, -0.2) is 11.3 Å². The second-order valence-electron chi connectivity index (χ2n) is 4.93. The Morgan fingerprint density at radius 3 is 3.00 bits per heavy atom. The number of hydrogen-bond acceptors (Lipinski definition) is 2. The minimum Gasteiger partial charge on any atom is -0.325 e. The molecule has 0 atom stereocenters. The summed E-state index contributed by atoms with van der Waals surface area (Å²) in [6.07, 6.45) is 6.07. The van der Waals surface area contributed by atoms with Gasteiger partial charge >= 0.3 is 0 Å². The zero-order chi connectivity index (χ0) is 10.3. The smallest absolute Gasteiger partial charge is 0.0196 e. The molecule has 1 nitrogen and oxygen atoms in total. The molecule has 0 saturated heterocycles. The normalized spacial score (nSPS) is 22.2. The van der Waals surface area contributed by atoms with Crippen LogP contribution >= 0.6 is 11.8 Å². The third kappa shape index (κ3) is 2.06. The largest absolute Gasteiger partial charge is 0.325 e. The molecule has 0 radical (unpaired) electrons. The number of benzene rings is 1. The molecule has 2 aliphatic rings. The molecular formula is C13H17NS. The molecular weight excluding hydrogens is 202 g/mol. The first-order valence-electron chi connectivity index (χ1n) is 5.79. The molecule has 2 heteroatoms. The fourth-order valence-electron chi connectivity index (χ4n) is 2.24. The molecule has 0 spiro atoms. The molecule has 1 fully saturated rings. The van der Waals surface area contributed by atoms with Crippen molar-refractivity contribution >= 4 is 11.8 Å². The van der Waals surface area contributed by atoms with Gasteiger partial charge in [0.25, 0.3) is 0 Å². The Kier molecular flexibility index (Phi) is 2.29. The zero-order valence-corrected chi connectivity index (χ0v) is 9.78. The van der Waals surface area contributed by atoms with Crippen LogP contribution in [0.3, 0.4) is 0 Å². The van der Waals surface area contributed by atoms with E-state index >= 15 is 0 Å². The maximum Gasteiger partial charge on any atom is 0.0196 e. The van der Waals surface area contributed by atoms with Gasteiger partial charge in [0.05, 0.1) is 0 Å². The molecule has 0 bridgehead atoms. The van der Waals surface area contributed by atoms with Crippen LogP contribution in [0.1, 0.15) is 30.4 Å². The highest BCUT2D eigenvalue weighted by molar-refractivity contribution is 7.99. The zero-order valence-electron chi connectivity index (χ0n) is 8.96. The lowest BCUT2D eigenvalue weighted by Crippen LogP contribution is -2.24. The van der Waals surface area contributed by atoms with E-state index in [2.05, 4.69) is 18.2 Å². The highest BCUT2D eigenvalue weighted by atomic mass is 32.2. The van der Waals surface area contributed by atoms with Crippen molar-refractivity contribution in [2.45, 2.75) is 42.5 Å². The SMILES string of the molecule is NC1(Cc2ccc3c(c2)SCCC3)CC1. The fraction of sp³-hybridized carbons (Fsp3) is 0.538. The van der Waals surface area contributed by atoms with Gasteiger partial charge in [0, 0.05) is 10.4 Å². The van der Waals surface area contributed by atoms with Crippen LogP contribution in [-0.2, 0) is 12.8 Å². The van der Waals surface area contributed by atoms with Gasteiger partial charge in [0.15, 0.2) is 0 Å². The number of aryl methyl sites for hydroxylation is 1. The van der Waals surface area contributed by atoms with E-state index in [4.69, 9.17) is 5.73 Å². The molecule has 1 aromatic carbocycles. The number of fused-ring (bicyclic) bond motifs is 1. The molecule has 1 aliphatic carbocycles. The summed E-state index contributed by atoms with van der Waals surface area (Å²) < 4.78 is 0. The summed E-state index contributed by atoms with van der Waals surface area (Å²) in [6, 6.07) is 6.95. The van der Waals surface area contributed by atoms with Gasteiger partial charge < -0.3 is 5.73 Å². The third-order valence-electron chi connectivity index (χ3n) is 3.43. The lowest BCUT2D eigenvalue weighted by Gasteiger charge is -2.17. The summed E-state index contributed by atoms with van der Waals surface area (Å²) >= 11 is 2.01. The van der Waals surface area contributed by atoms with E-state index in [0.717, 1.165) is 6.42 Å². The number of nitrogens with two attached hydrogens (primary N) is 1. The summed E-state index contributed by atoms with van der Waals surface area (Å²) in [5.41, 5.74) is 9.27. The second-order valence-corrected chi connectivity index (χ2v) is 6.07. The van der Waals surface area contributed by atoms with E-state index in [1.807, 2.05) is 11.8 Å². The van der Waals surface area contributed by atoms with Gasteiger partial charge in [-0.25, -0.2) is 0 Å². The highest BCUT2D eigenvalue weighted by Crippen LogP contribution is 2.37. The van der Waals surface area contributed by atoms with Crippen LogP contribution < -0.4 is 5.73 Å². The first kappa shape index (κ1) is 9.73. The van der Waals surface area contributed by atoms with Gasteiger partial charge in [0.2, 0.25) is 0 Å². The first-order chi connectivity index (χ1) is 7.25. The second kappa shape index (κ2) is 3.53. The summed E-state index contributed by atoms with van der Waals surface area (Å²) in [5.74, 6) is 1.28. The molecule has 80 valence electrons. The average Bonchev–Trinajstić information content (AvgIpc) is 2.96. The Morgan fingerprint density at radius 2 is 2.20 bits per heavy atom. The Morgan fingerprint density at radius 1 is 1.33 bits per heavy atom. The average molecular weight is 219 g/mol. The van der Waals surface area contributed by atoms with Gasteiger partial charge in [-0.3, -0.25) is 0 Å². The molecule has 2 N–H and O–H groups in total. The molecule has 1 heterocycles. The van der Waals surface area contributed by atoms with Crippen LogP contribution in [0.5, 0.6) is 0 Å². The predicted molar refractivity (Wildman–Crippen MR) is 65.3 cm³/mol.